The van der Waals surface area contributed by atoms with Gasteiger partial charge >= 0.3 is 5.97 Å². The normalized spacial score (nSPS) is 10.8. The van der Waals surface area contributed by atoms with Crippen molar-refractivity contribution in [1.29, 1.82) is 0 Å². The summed E-state index contributed by atoms with van der Waals surface area (Å²) in [5.41, 5.74) is 1.32. The summed E-state index contributed by atoms with van der Waals surface area (Å²) in [6.07, 6.45) is 0. The lowest BCUT2D eigenvalue weighted by Crippen LogP contribution is -2.18. The van der Waals surface area contributed by atoms with Crippen LogP contribution in [0.2, 0.25) is 0 Å². The number of hydrogen-bond donors (Lipinski definition) is 1. The Labute approximate surface area is 164 Å². The molecule has 1 aromatic carbocycles. The molecule has 1 N–H and O–H groups in total. The quantitative estimate of drug-likeness (QED) is 0.452. The van der Waals surface area contributed by atoms with Crippen molar-refractivity contribution < 1.29 is 28.1 Å². The average Bonchev–Trinajstić information content (AvgIpc) is 3.23. The highest BCUT2D eigenvalue weighted by atomic mass is 32.2. The van der Waals surface area contributed by atoms with Gasteiger partial charge in [0.1, 0.15) is 11.3 Å². The maximum absolute atomic E-state index is 12.3. The standard InChI is InChI=1S/C19H18N2O6S/c1-11-7-16(21-27-11)20-17(23)9-28-10-18(24)25-8-14(22)19-12(2)13-5-3-4-6-15(13)26-19/h3-7H,8-10H2,1-2H3,(H,20,21,23). The summed E-state index contributed by atoms with van der Waals surface area (Å²) in [7, 11) is 0. The molecule has 0 aliphatic rings. The Bertz CT molecular complexity index is 1020. The van der Waals surface area contributed by atoms with E-state index >= 15 is 0 Å². The molecule has 9 heteroatoms. The van der Waals surface area contributed by atoms with Gasteiger partial charge in [0.2, 0.25) is 11.7 Å². The van der Waals surface area contributed by atoms with E-state index < -0.39 is 18.4 Å². The highest BCUT2D eigenvalue weighted by Gasteiger charge is 2.19. The highest BCUT2D eigenvalue weighted by Crippen LogP contribution is 2.25. The molecule has 0 spiro atoms. The number of furan rings is 1. The molecule has 0 radical (unpaired) electrons. The Morgan fingerprint density at radius 2 is 1.96 bits per heavy atom. The van der Waals surface area contributed by atoms with Gasteiger partial charge in [-0.15, -0.1) is 11.8 Å². The number of benzene rings is 1. The van der Waals surface area contributed by atoms with Crippen molar-refractivity contribution in [3.05, 3.63) is 47.4 Å². The number of esters is 1. The Morgan fingerprint density at radius 1 is 1.18 bits per heavy atom. The molecular formula is C19H18N2O6S. The second-order valence-corrected chi connectivity index (χ2v) is 6.99. The van der Waals surface area contributed by atoms with Crippen LogP contribution in [0.4, 0.5) is 5.82 Å². The number of aromatic nitrogens is 1. The molecule has 0 aliphatic carbocycles. The molecule has 2 aromatic heterocycles. The van der Waals surface area contributed by atoms with Gasteiger partial charge < -0.3 is 19.0 Å². The summed E-state index contributed by atoms with van der Waals surface area (Å²) in [6.45, 7) is 3.08. The van der Waals surface area contributed by atoms with E-state index in [-0.39, 0.29) is 23.2 Å². The number of hydrogen-bond acceptors (Lipinski definition) is 8. The number of carbonyl (C=O) groups excluding carboxylic acids is 3. The Balaban J connectivity index is 1.41. The summed E-state index contributed by atoms with van der Waals surface area (Å²) in [5, 5.41) is 7.04. The van der Waals surface area contributed by atoms with E-state index in [0.29, 0.717) is 22.7 Å². The van der Waals surface area contributed by atoms with Crippen LogP contribution in [0.25, 0.3) is 11.0 Å². The third-order valence-corrected chi connectivity index (χ3v) is 4.72. The van der Waals surface area contributed by atoms with Crippen LogP contribution in [0.1, 0.15) is 21.9 Å². The topological polar surface area (TPSA) is 112 Å². The summed E-state index contributed by atoms with van der Waals surface area (Å²) >= 11 is 1.07. The van der Waals surface area contributed by atoms with Crippen molar-refractivity contribution in [2.45, 2.75) is 13.8 Å². The largest absolute Gasteiger partial charge is 0.457 e. The first-order chi connectivity index (χ1) is 13.4. The summed E-state index contributed by atoms with van der Waals surface area (Å²) < 4.78 is 15.4. The van der Waals surface area contributed by atoms with Gasteiger partial charge in [-0.1, -0.05) is 23.4 Å². The zero-order chi connectivity index (χ0) is 20.1. The van der Waals surface area contributed by atoms with E-state index in [9.17, 15) is 14.4 Å². The number of thioether (sulfide) groups is 1. The van der Waals surface area contributed by atoms with Crippen molar-refractivity contribution in [3.8, 4) is 0 Å². The highest BCUT2D eigenvalue weighted by molar-refractivity contribution is 8.00. The molecule has 0 atom stereocenters. The van der Waals surface area contributed by atoms with E-state index in [1.165, 1.54) is 0 Å². The van der Waals surface area contributed by atoms with Gasteiger partial charge in [-0.2, -0.15) is 0 Å². The van der Waals surface area contributed by atoms with E-state index in [1.807, 2.05) is 18.2 Å². The number of amides is 1. The zero-order valence-electron chi connectivity index (χ0n) is 15.3. The number of ketones is 1. The smallest absolute Gasteiger partial charge is 0.316 e. The third-order valence-electron chi connectivity index (χ3n) is 3.81. The molecule has 0 saturated heterocycles. The number of anilines is 1. The van der Waals surface area contributed by atoms with Crippen LogP contribution < -0.4 is 5.32 Å². The second-order valence-electron chi connectivity index (χ2n) is 6.00. The number of nitrogens with zero attached hydrogens (tertiary/aromatic N) is 1. The Morgan fingerprint density at radius 3 is 2.68 bits per heavy atom. The SMILES string of the molecule is Cc1cc(NC(=O)CSCC(=O)OCC(=O)c2oc3ccccc3c2C)no1. The maximum atomic E-state index is 12.3. The first-order valence-electron chi connectivity index (χ1n) is 8.42. The van der Waals surface area contributed by atoms with Gasteiger partial charge in [0.25, 0.3) is 0 Å². The number of nitrogens with one attached hydrogen (secondary N) is 1. The van der Waals surface area contributed by atoms with E-state index in [4.69, 9.17) is 13.7 Å². The predicted molar refractivity (Wildman–Crippen MR) is 103 cm³/mol. The van der Waals surface area contributed by atoms with Gasteiger partial charge in [0.05, 0.1) is 11.5 Å². The van der Waals surface area contributed by atoms with Crippen molar-refractivity contribution in [1.82, 2.24) is 5.16 Å². The van der Waals surface area contributed by atoms with E-state index in [2.05, 4.69) is 10.5 Å². The molecule has 0 unspecified atom stereocenters. The lowest BCUT2D eigenvalue weighted by molar-refractivity contribution is -0.139. The van der Waals surface area contributed by atoms with Crippen LogP contribution >= 0.6 is 11.8 Å². The van der Waals surface area contributed by atoms with Crippen molar-refractivity contribution >= 4 is 46.2 Å². The molecule has 0 bridgehead atoms. The Kier molecular flexibility index (Phi) is 6.15. The Hall–Kier alpha value is -3.07. The van der Waals surface area contributed by atoms with Crippen molar-refractivity contribution in [2.75, 3.05) is 23.4 Å². The number of Topliss-reactive ketones (excluding diaryl/α,β-unsaturated/α-hetero) is 1. The fourth-order valence-electron chi connectivity index (χ4n) is 2.52. The molecule has 28 heavy (non-hydrogen) atoms. The molecule has 0 fully saturated rings. The summed E-state index contributed by atoms with van der Waals surface area (Å²) in [6, 6.07) is 8.89. The van der Waals surface area contributed by atoms with Gasteiger partial charge in [-0.05, 0) is 19.9 Å². The van der Waals surface area contributed by atoms with Gasteiger partial charge in [-0.3, -0.25) is 14.4 Å². The summed E-state index contributed by atoms with van der Waals surface area (Å²) in [5.74, 6) is -0.254. The molecule has 3 rings (SSSR count). The number of ether oxygens (including phenoxy) is 1. The van der Waals surface area contributed by atoms with Crippen LogP contribution in [0.3, 0.4) is 0 Å². The van der Waals surface area contributed by atoms with E-state index in [1.54, 1.807) is 26.0 Å². The van der Waals surface area contributed by atoms with Gasteiger partial charge in [0, 0.05) is 17.0 Å². The zero-order valence-corrected chi connectivity index (χ0v) is 16.1. The first kappa shape index (κ1) is 19.7. The minimum atomic E-state index is -0.586. The van der Waals surface area contributed by atoms with Crippen LogP contribution in [0, 0.1) is 13.8 Å². The molecule has 0 aliphatic heterocycles. The molecule has 3 aromatic rings. The number of aryl methyl sites for hydroxylation is 2. The number of para-hydroxylation sites is 1. The predicted octanol–water partition coefficient (Wildman–Crippen LogP) is 3.14. The molecule has 0 saturated carbocycles. The first-order valence-corrected chi connectivity index (χ1v) is 9.57. The van der Waals surface area contributed by atoms with Gasteiger partial charge in [-0.25, -0.2) is 0 Å². The molecule has 2 heterocycles. The number of rotatable bonds is 8. The van der Waals surface area contributed by atoms with Crippen molar-refractivity contribution in [2.24, 2.45) is 0 Å². The molecular weight excluding hydrogens is 384 g/mol. The van der Waals surface area contributed by atoms with Crippen LogP contribution in [0.15, 0.2) is 39.3 Å². The second kappa shape index (κ2) is 8.75. The average molecular weight is 402 g/mol. The van der Waals surface area contributed by atoms with E-state index in [0.717, 1.165) is 17.1 Å². The lowest BCUT2D eigenvalue weighted by Gasteiger charge is -2.04. The molecule has 1 amide bonds. The summed E-state index contributed by atoms with van der Waals surface area (Å²) in [4.78, 5) is 35.8. The minimum absolute atomic E-state index is 0.0393. The molecule has 146 valence electrons. The number of fused-ring (bicyclic) bond motifs is 1. The monoisotopic (exact) mass is 402 g/mol. The fourth-order valence-corrected chi connectivity index (χ4v) is 3.13. The van der Waals surface area contributed by atoms with Gasteiger partial charge in [0.15, 0.2) is 18.2 Å². The van der Waals surface area contributed by atoms with Crippen LogP contribution in [-0.4, -0.2) is 40.9 Å². The molecule has 8 nitrogen and oxygen atoms in total. The van der Waals surface area contributed by atoms with Crippen molar-refractivity contribution in [3.63, 3.8) is 0 Å². The van der Waals surface area contributed by atoms with Crippen LogP contribution in [-0.2, 0) is 14.3 Å². The fraction of sp³-hybridized carbons (Fsp3) is 0.263. The van der Waals surface area contributed by atoms with Crippen LogP contribution in [0.5, 0.6) is 0 Å². The minimum Gasteiger partial charge on any atom is -0.457 e. The maximum Gasteiger partial charge on any atom is 0.316 e. The lowest BCUT2D eigenvalue weighted by atomic mass is 10.1. The third kappa shape index (κ3) is 4.80. The number of carbonyl (C=O) groups is 3.